The highest BCUT2D eigenvalue weighted by Crippen LogP contribution is 2.42. The maximum Gasteiger partial charge on any atom is 0.433 e. The van der Waals surface area contributed by atoms with E-state index in [9.17, 15) is 22.7 Å². The van der Waals surface area contributed by atoms with E-state index in [0.717, 1.165) is 12.3 Å². The first-order valence-corrected chi connectivity index (χ1v) is 9.45. The molecule has 0 fully saturated rings. The van der Waals surface area contributed by atoms with Crippen molar-refractivity contribution in [3.05, 3.63) is 46.5 Å². The summed E-state index contributed by atoms with van der Waals surface area (Å²) in [6, 6.07) is 4.00. The van der Waals surface area contributed by atoms with Crippen LogP contribution in [0.25, 0.3) is 22.6 Å². The van der Waals surface area contributed by atoms with Crippen LogP contribution in [0.1, 0.15) is 18.2 Å². The van der Waals surface area contributed by atoms with Gasteiger partial charge in [-0.15, -0.1) is 0 Å². The summed E-state index contributed by atoms with van der Waals surface area (Å²) in [5.74, 6) is -0.897. The predicted octanol–water partition coefficient (Wildman–Crippen LogP) is 5.29. The number of aliphatic hydroxyl groups is 1. The minimum absolute atomic E-state index is 0.00799. The van der Waals surface area contributed by atoms with E-state index in [1.54, 1.807) is 0 Å². The maximum absolute atomic E-state index is 14.3. The molecule has 1 atom stereocenters. The molecule has 0 radical (unpaired) electrons. The first-order valence-electron chi connectivity index (χ1n) is 7.95. The summed E-state index contributed by atoms with van der Waals surface area (Å²) in [4.78, 5) is 0. The molecular formula is C17H13BrClF4N3O2. The average molecular weight is 483 g/mol. The van der Waals surface area contributed by atoms with Gasteiger partial charge in [-0.05, 0) is 19.1 Å². The molecule has 1 aromatic carbocycles. The van der Waals surface area contributed by atoms with Crippen molar-refractivity contribution in [2.45, 2.75) is 31.1 Å². The lowest BCUT2D eigenvalue weighted by molar-refractivity contribution is -0.144. The number of aliphatic hydroxyl groups excluding tert-OH is 1. The third-order valence-electron chi connectivity index (χ3n) is 3.91. The van der Waals surface area contributed by atoms with Crippen LogP contribution in [0.3, 0.4) is 0 Å². The second kappa shape index (κ2) is 7.84. The summed E-state index contributed by atoms with van der Waals surface area (Å²) < 4.78 is 61.1. The van der Waals surface area contributed by atoms with Gasteiger partial charge in [-0.3, -0.25) is 4.68 Å². The number of hydrogen-bond acceptors (Lipinski definition) is 4. The summed E-state index contributed by atoms with van der Waals surface area (Å²) in [7, 11) is 0. The zero-order valence-electron chi connectivity index (χ0n) is 14.3. The Hall–Kier alpha value is -1.91. The Morgan fingerprint density at radius 3 is 2.64 bits per heavy atom. The van der Waals surface area contributed by atoms with Crippen molar-refractivity contribution in [2.24, 2.45) is 0 Å². The molecule has 3 rings (SSSR count). The summed E-state index contributed by atoms with van der Waals surface area (Å²) in [5, 5.41) is 17.0. The fourth-order valence-electron chi connectivity index (χ4n) is 2.80. The van der Waals surface area contributed by atoms with E-state index >= 15 is 0 Å². The summed E-state index contributed by atoms with van der Waals surface area (Å²) in [6.07, 6.45) is -4.84. The molecule has 0 amide bonds. The van der Waals surface area contributed by atoms with E-state index in [1.165, 1.54) is 19.1 Å². The number of nitrogens with zero attached hydrogens (tertiary/aromatic N) is 3. The van der Waals surface area contributed by atoms with Gasteiger partial charge in [-0.25, -0.2) is 4.39 Å². The Morgan fingerprint density at radius 2 is 2.07 bits per heavy atom. The Kier molecular flexibility index (Phi) is 5.83. The Bertz CT molecular complexity index is 981. The van der Waals surface area contributed by atoms with Gasteiger partial charge in [0.1, 0.15) is 11.5 Å². The van der Waals surface area contributed by atoms with Crippen molar-refractivity contribution in [3.8, 4) is 22.6 Å². The van der Waals surface area contributed by atoms with Gasteiger partial charge >= 0.3 is 6.18 Å². The Morgan fingerprint density at radius 1 is 1.36 bits per heavy atom. The van der Waals surface area contributed by atoms with Gasteiger partial charge in [-0.1, -0.05) is 38.8 Å². The molecule has 0 aliphatic heterocycles. The Labute approximate surface area is 170 Å². The smallest absolute Gasteiger partial charge is 0.391 e. The van der Waals surface area contributed by atoms with Gasteiger partial charge in [0.05, 0.1) is 35.0 Å². The number of halogens is 6. The van der Waals surface area contributed by atoms with E-state index < -0.39 is 23.8 Å². The highest BCUT2D eigenvalue weighted by Gasteiger charge is 2.40. The summed E-state index contributed by atoms with van der Waals surface area (Å²) in [6.45, 7) is 0.983. The van der Waals surface area contributed by atoms with E-state index in [2.05, 4.69) is 26.2 Å². The molecule has 5 nitrogen and oxygen atoms in total. The van der Waals surface area contributed by atoms with Crippen LogP contribution in [0.2, 0.25) is 5.02 Å². The normalized spacial score (nSPS) is 13.1. The van der Waals surface area contributed by atoms with Crippen molar-refractivity contribution in [1.82, 2.24) is 14.9 Å². The number of hydrogen-bond donors (Lipinski definition) is 1. The van der Waals surface area contributed by atoms with E-state index in [-0.39, 0.29) is 45.0 Å². The van der Waals surface area contributed by atoms with Crippen molar-refractivity contribution < 1.29 is 27.2 Å². The minimum Gasteiger partial charge on any atom is -0.391 e. The molecule has 150 valence electrons. The molecule has 0 spiro atoms. The fraction of sp³-hybridized carbons (Fsp3) is 0.294. The van der Waals surface area contributed by atoms with Crippen molar-refractivity contribution >= 4 is 27.5 Å². The van der Waals surface area contributed by atoms with Gasteiger partial charge < -0.3 is 9.63 Å². The maximum atomic E-state index is 14.3. The van der Waals surface area contributed by atoms with Crippen molar-refractivity contribution in [2.75, 3.05) is 0 Å². The monoisotopic (exact) mass is 481 g/mol. The average Bonchev–Trinajstić information content (AvgIpc) is 3.17. The van der Waals surface area contributed by atoms with Crippen molar-refractivity contribution in [1.29, 1.82) is 0 Å². The quantitative estimate of drug-likeness (QED) is 0.396. The number of rotatable bonds is 5. The van der Waals surface area contributed by atoms with E-state index in [1.807, 2.05) is 0 Å². The zero-order chi connectivity index (χ0) is 20.6. The highest BCUT2D eigenvalue weighted by molar-refractivity contribution is 9.08. The predicted molar refractivity (Wildman–Crippen MR) is 97.4 cm³/mol. The molecule has 0 aliphatic rings. The molecule has 1 N–H and O–H groups in total. The zero-order valence-corrected chi connectivity index (χ0v) is 16.6. The number of alkyl halides is 4. The molecule has 11 heteroatoms. The molecular weight excluding hydrogens is 470 g/mol. The SMILES string of the molecule is CC(O)Cn1ncc(-c2onc(-c3c(F)cccc3Cl)c2CBr)c1C(F)(F)F. The van der Waals surface area contributed by atoms with Crippen LogP contribution in [0.4, 0.5) is 17.6 Å². The van der Waals surface area contributed by atoms with Crippen LogP contribution in [-0.2, 0) is 18.1 Å². The second-order valence-corrected chi connectivity index (χ2v) is 6.97. The lowest BCUT2D eigenvalue weighted by atomic mass is 10.0. The van der Waals surface area contributed by atoms with Crippen LogP contribution in [-0.4, -0.2) is 26.1 Å². The lowest BCUT2D eigenvalue weighted by Crippen LogP contribution is -2.20. The number of benzene rings is 1. The molecule has 1 unspecified atom stereocenters. The molecule has 2 heterocycles. The van der Waals surface area contributed by atoms with Crippen LogP contribution in [0.5, 0.6) is 0 Å². The van der Waals surface area contributed by atoms with E-state index in [4.69, 9.17) is 16.1 Å². The standard InChI is InChI=1S/C17H13BrClF4N3O2/c1-8(27)7-26-16(17(21,22)23)10(6-24-26)15-9(5-18)14(25-28-15)13-11(19)3-2-4-12(13)20/h2-4,6,8,27H,5,7H2,1H3. The van der Waals surface area contributed by atoms with Gasteiger partial charge in [0.25, 0.3) is 0 Å². The topological polar surface area (TPSA) is 64.1 Å². The largest absolute Gasteiger partial charge is 0.433 e. The van der Waals surface area contributed by atoms with Gasteiger partial charge in [0, 0.05) is 10.9 Å². The first-order chi connectivity index (χ1) is 13.1. The van der Waals surface area contributed by atoms with Crippen LogP contribution >= 0.6 is 27.5 Å². The Balaban J connectivity index is 2.22. The van der Waals surface area contributed by atoms with E-state index in [0.29, 0.717) is 4.68 Å². The highest BCUT2D eigenvalue weighted by atomic mass is 79.9. The van der Waals surface area contributed by atoms with Crippen LogP contribution in [0.15, 0.2) is 28.9 Å². The fourth-order valence-corrected chi connectivity index (χ4v) is 3.58. The molecule has 0 saturated heterocycles. The van der Waals surface area contributed by atoms with Crippen molar-refractivity contribution in [3.63, 3.8) is 0 Å². The van der Waals surface area contributed by atoms with Gasteiger partial charge in [0.15, 0.2) is 11.5 Å². The van der Waals surface area contributed by atoms with Gasteiger partial charge in [0.2, 0.25) is 0 Å². The van der Waals surface area contributed by atoms with Crippen LogP contribution < -0.4 is 0 Å². The third kappa shape index (κ3) is 3.81. The second-order valence-electron chi connectivity index (χ2n) is 6.00. The van der Waals surface area contributed by atoms with Gasteiger partial charge in [-0.2, -0.15) is 18.3 Å². The molecule has 0 bridgehead atoms. The third-order valence-corrected chi connectivity index (χ3v) is 4.79. The molecule has 0 saturated carbocycles. The van der Waals surface area contributed by atoms with Crippen LogP contribution in [0, 0.1) is 5.82 Å². The summed E-state index contributed by atoms with van der Waals surface area (Å²) in [5.41, 5.74) is -1.36. The summed E-state index contributed by atoms with van der Waals surface area (Å²) >= 11 is 9.24. The molecule has 28 heavy (non-hydrogen) atoms. The number of aromatic nitrogens is 3. The first kappa shape index (κ1) is 20.8. The molecule has 2 aromatic heterocycles. The molecule has 3 aromatic rings. The minimum atomic E-state index is -4.77. The molecule has 0 aliphatic carbocycles. The lowest BCUT2D eigenvalue weighted by Gasteiger charge is -2.13.